The predicted octanol–water partition coefficient (Wildman–Crippen LogP) is 2.66. The quantitative estimate of drug-likeness (QED) is 0.784. The summed E-state index contributed by atoms with van der Waals surface area (Å²) in [5, 5.41) is 7.89. The van der Waals surface area contributed by atoms with E-state index in [1.165, 1.54) is 0 Å². The smallest absolute Gasteiger partial charge is 0.233 e. The number of benzene rings is 1. The van der Waals surface area contributed by atoms with Gasteiger partial charge in [0.05, 0.1) is 12.8 Å². The van der Waals surface area contributed by atoms with Gasteiger partial charge in [0.15, 0.2) is 0 Å². The zero-order chi connectivity index (χ0) is 11.2. The molecule has 0 radical (unpaired) electrons. The van der Waals surface area contributed by atoms with Crippen molar-refractivity contribution in [2.45, 2.75) is 0 Å². The van der Waals surface area contributed by atoms with Gasteiger partial charge < -0.3 is 4.74 Å². The molecule has 0 saturated heterocycles. The van der Waals surface area contributed by atoms with Gasteiger partial charge in [-0.3, -0.25) is 0 Å². The van der Waals surface area contributed by atoms with Crippen molar-refractivity contribution in [1.82, 2.24) is 10.2 Å². The summed E-state index contributed by atoms with van der Waals surface area (Å²) in [6.45, 7) is 0. The first-order valence-corrected chi connectivity index (χ1v) is 4.99. The van der Waals surface area contributed by atoms with Crippen molar-refractivity contribution >= 4 is 12.2 Å². The van der Waals surface area contributed by atoms with Crippen LogP contribution < -0.4 is 4.74 Å². The molecular formula is C13H12N2O. The summed E-state index contributed by atoms with van der Waals surface area (Å²) in [6, 6.07) is 13.7. The number of methoxy groups -OCH3 is 1. The van der Waals surface area contributed by atoms with Gasteiger partial charge in [0, 0.05) is 6.07 Å². The van der Waals surface area contributed by atoms with Crippen LogP contribution >= 0.6 is 0 Å². The number of aromatic nitrogens is 2. The summed E-state index contributed by atoms with van der Waals surface area (Å²) in [7, 11) is 1.57. The minimum absolute atomic E-state index is 0.525. The highest BCUT2D eigenvalue weighted by atomic mass is 16.5. The van der Waals surface area contributed by atoms with Crippen LogP contribution in [0.5, 0.6) is 5.88 Å². The minimum Gasteiger partial charge on any atom is -0.480 e. The third-order valence-electron chi connectivity index (χ3n) is 2.12. The Kier molecular flexibility index (Phi) is 3.28. The van der Waals surface area contributed by atoms with Crippen molar-refractivity contribution in [3.63, 3.8) is 0 Å². The highest BCUT2D eigenvalue weighted by Crippen LogP contribution is 2.08. The highest BCUT2D eigenvalue weighted by Gasteiger charge is 1.93. The maximum Gasteiger partial charge on any atom is 0.233 e. The van der Waals surface area contributed by atoms with Crippen molar-refractivity contribution in [1.29, 1.82) is 0 Å². The third-order valence-corrected chi connectivity index (χ3v) is 2.12. The number of hydrogen-bond donors (Lipinski definition) is 0. The lowest BCUT2D eigenvalue weighted by atomic mass is 10.2. The van der Waals surface area contributed by atoms with Crippen LogP contribution in [-0.2, 0) is 0 Å². The van der Waals surface area contributed by atoms with Crippen LogP contribution in [0.4, 0.5) is 0 Å². The lowest BCUT2D eigenvalue weighted by Gasteiger charge is -1.96. The minimum atomic E-state index is 0.525. The van der Waals surface area contributed by atoms with Gasteiger partial charge in [-0.15, -0.1) is 10.2 Å². The highest BCUT2D eigenvalue weighted by molar-refractivity contribution is 5.67. The van der Waals surface area contributed by atoms with E-state index in [9.17, 15) is 0 Å². The van der Waals surface area contributed by atoms with Crippen LogP contribution in [0.1, 0.15) is 11.3 Å². The van der Waals surface area contributed by atoms with Crippen LogP contribution in [0.2, 0.25) is 0 Å². The number of ether oxygens (including phenoxy) is 1. The van der Waals surface area contributed by atoms with E-state index in [4.69, 9.17) is 4.74 Å². The molecule has 0 unspecified atom stereocenters. The Hall–Kier alpha value is -2.16. The summed E-state index contributed by atoms with van der Waals surface area (Å²) in [5.41, 5.74) is 1.95. The fourth-order valence-electron chi connectivity index (χ4n) is 1.27. The van der Waals surface area contributed by atoms with Gasteiger partial charge in [0.2, 0.25) is 5.88 Å². The number of rotatable bonds is 3. The monoisotopic (exact) mass is 212 g/mol. The maximum absolute atomic E-state index is 4.93. The SMILES string of the molecule is COc1ccc(/C=C/c2ccccc2)nn1. The summed E-state index contributed by atoms with van der Waals surface area (Å²) in [4.78, 5) is 0. The van der Waals surface area contributed by atoms with E-state index in [-0.39, 0.29) is 0 Å². The lowest BCUT2D eigenvalue weighted by Crippen LogP contribution is -1.90. The van der Waals surface area contributed by atoms with E-state index in [2.05, 4.69) is 10.2 Å². The summed E-state index contributed by atoms with van der Waals surface area (Å²) in [6.07, 6.45) is 3.91. The largest absolute Gasteiger partial charge is 0.480 e. The van der Waals surface area contributed by atoms with Crippen molar-refractivity contribution < 1.29 is 4.74 Å². The fraction of sp³-hybridized carbons (Fsp3) is 0.0769. The number of hydrogen-bond acceptors (Lipinski definition) is 3. The first kappa shape index (κ1) is 10.4. The molecule has 1 heterocycles. The first-order chi connectivity index (χ1) is 7.88. The molecule has 0 aliphatic carbocycles. The second-order valence-electron chi connectivity index (χ2n) is 3.24. The molecule has 1 aromatic heterocycles. The Morgan fingerprint density at radius 3 is 2.38 bits per heavy atom. The molecule has 0 aliphatic rings. The Morgan fingerprint density at radius 1 is 0.938 bits per heavy atom. The van der Waals surface area contributed by atoms with Gasteiger partial charge in [0.1, 0.15) is 0 Å². The molecule has 3 heteroatoms. The lowest BCUT2D eigenvalue weighted by molar-refractivity contribution is 0.392. The summed E-state index contributed by atoms with van der Waals surface area (Å²) >= 11 is 0. The normalized spacial score (nSPS) is 10.6. The standard InChI is InChI=1S/C13H12N2O/c1-16-13-10-9-12(14-15-13)8-7-11-5-3-2-4-6-11/h2-10H,1H3/b8-7+. The molecule has 0 saturated carbocycles. The molecule has 0 bridgehead atoms. The van der Waals surface area contributed by atoms with E-state index < -0.39 is 0 Å². The molecule has 2 aromatic rings. The maximum atomic E-state index is 4.93. The fourth-order valence-corrected chi connectivity index (χ4v) is 1.27. The Bertz CT molecular complexity index is 463. The molecule has 0 spiro atoms. The Balaban J connectivity index is 2.12. The molecule has 2 rings (SSSR count). The van der Waals surface area contributed by atoms with Gasteiger partial charge in [0.25, 0.3) is 0 Å². The topological polar surface area (TPSA) is 35.0 Å². The van der Waals surface area contributed by atoms with Crippen molar-refractivity contribution in [3.8, 4) is 5.88 Å². The van der Waals surface area contributed by atoms with Crippen LogP contribution in [-0.4, -0.2) is 17.3 Å². The molecule has 3 nitrogen and oxygen atoms in total. The van der Waals surface area contributed by atoms with Crippen LogP contribution in [0.25, 0.3) is 12.2 Å². The van der Waals surface area contributed by atoms with E-state index in [1.54, 1.807) is 13.2 Å². The second kappa shape index (κ2) is 5.07. The number of nitrogens with zero attached hydrogens (tertiary/aromatic N) is 2. The van der Waals surface area contributed by atoms with Gasteiger partial charge in [-0.25, -0.2) is 0 Å². The average Bonchev–Trinajstić information content (AvgIpc) is 2.38. The average molecular weight is 212 g/mol. The van der Waals surface area contributed by atoms with Crippen LogP contribution in [0.3, 0.4) is 0 Å². The summed E-state index contributed by atoms with van der Waals surface area (Å²) < 4.78 is 4.93. The summed E-state index contributed by atoms with van der Waals surface area (Å²) in [5.74, 6) is 0.525. The van der Waals surface area contributed by atoms with Crippen LogP contribution in [0.15, 0.2) is 42.5 Å². The van der Waals surface area contributed by atoms with E-state index >= 15 is 0 Å². The molecule has 16 heavy (non-hydrogen) atoms. The molecule has 0 atom stereocenters. The van der Waals surface area contributed by atoms with Gasteiger partial charge >= 0.3 is 0 Å². The molecule has 0 N–H and O–H groups in total. The van der Waals surface area contributed by atoms with Gasteiger partial charge in [-0.1, -0.05) is 36.4 Å². The van der Waals surface area contributed by atoms with E-state index in [0.29, 0.717) is 5.88 Å². The van der Waals surface area contributed by atoms with Crippen molar-refractivity contribution in [2.75, 3.05) is 7.11 Å². The van der Waals surface area contributed by atoms with Crippen LogP contribution in [0, 0.1) is 0 Å². The first-order valence-electron chi connectivity index (χ1n) is 4.99. The zero-order valence-electron chi connectivity index (χ0n) is 9.00. The van der Waals surface area contributed by atoms with Crippen molar-refractivity contribution in [2.24, 2.45) is 0 Å². The second-order valence-corrected chi connectivity index (χ2v) is 3.24. The Labute approximate surface area is 94.4 Å². The van der Waals surface area contributed by atoms with Crippen molar-refractivity contribution in [3.05, 3.63) is 53.7 Å². The molecule has 0 fully saturated rings. The zero-order valence-corrected chi connectivity index (χ0v) is 9.00. The molecule has 0 aliphatic heterocycles. The van der Waals surface area contributed by atoms with Gasteiger partial charge in [-0.05, 0) is 17.7 Å². The Morgan fingerprint density at radius 2 is 1.75 bits per heavy atom. The van der Waals surface area contributed by atoms with Gasteiger partial charge in [-0.2, -0.15) is 0 Å². The third kappa shape index (κ3) is 2.67. The molecule has 1 aromatic carbocycles. The molecular weight excluding hydrogens is 200 g/mol. The molecule has 80 valence electrons. The molecule has 0 amide bonds. The predicted molar refractivity (Wildman–Crippen MR) is 64.0 cm³/mol. The van der Waals surface area contributed by atoms with E-state index in [0.717, 1.165) is 11.3 Å². The van der Waals surface area contributed by atoms with E-state index in [1.807, 2.05) is 48.6 Å².